The molecular weight excluding hydrogens is 200 g/mol. The van der Waals surface area contributed by atoms with Crippen molar-refractivity contribution >= 4 is 0 Å². The minimum atomic E-state index is 0.456. The molecule has 1 saturated heterocycles. The molecular formula is C13H28N2O. The van der Waals surface area contributed by atoms with Crippen molar-refractivity contribution < 1.29 is 4.74 Å². The second kappa shape index (κ2) is 7.25. The molecule has 0 spiro atoms. The van der Waals surface area contributed by atoms with E-state index in [9.17, 15) is 0 Å². The third kappa shape index (κ3) is 5.28. The maximum Gasteiger partial charge on any atom is 0.0704 e. The van der Waals surface area contributed by atoms with E-state index in [1.165, 1.54) is 25.8 Å². The highest BCUT2D eigenvalue weighted by Crippen LogP contribution is 2.17. The van der Waals surface area contributed by atoms with Crippen LogP contribution in [0.25, 0.3) is 0 Å². The van der Waals surface area contributed by atoms with Crippen molar-refractivity contribution in [3.63, 3.8) is 0 Å². The number of nitrogens with one attached hydrogen (secondary N) is 1. The van der Waals surface area contributed by atoms with Crippen LogP contribution in [0.3, 0.4) is 0 Å². The third-order valence-electron chi connectivity index (χ3n) is 3.44. The lowest BCUT2D eigenvalue weighted by atomic mass is 10.2. The van der Waals surface area contributed by atoms with Gasteiger partial charge in [-0.05, 0) is 60.2 Å². The van der Waals surface area contributed by atoms with Crippen LogP contribution in [-0.4, -0.2) is 49.8 Å². The third-order valence-corrected chi connectivity index (χ3v) is 3.44. The van der Waals surface area contributed by atoms with Crippen molar-refractivity contribution in [2.75, 3.05) is 26.7 Å². The minimum Gasteiger partial charge on any atom is -0.374 e. The fourth-order valence-electron chi connectivity index (χ4n) is 2.01. The number of rotatable bonds is 7. The second-order valence-corrected chi connectivity index (χ2v) is 5.28. The molecule has 1 N–H and O–H groups in total. The number of nitrogens with zero attached hydrogens (tertiary/aromatic N) is 1. The molecule has 0 saturated carbocycles. The summed E-state index contributed by atoms with van der Waals surface area (Å²) in [7, 11) is 2.19. The molecule has 96 valence electrons. The standard InChI is InChI=1S/C13H28N2O/c1-11(2)15(4)9-5-8-14-10-13-7-6-12(3)16-13/h11-14H,5-10H2,1-4H3. The fourth-order valence-corrected chi connectivity index (χ4v) is 2.01. The summed E-state index contributed by atoms with van der Waals surface area (Å²) in [5.41, 5.74) is 0. The van der Waals surface area contributed by atoms with Crippen LogP contribution in [0.1, 0.15) is 40.0 Å². The van der Waals surface area contributed by atoms with Gasteiger partial charge in [0.1, 0.15) is 0 Å². The maximum atomic E-state index is 5.75. The van der Waals surface area contributed by atoms with Crippen molar-refractivity contribution in [1.82, 2.24) is 10.2 Å². The smallest absolute Gasteiger partial charge is 0.0704 e. The first-order chi connectivity index (χ1) is 7.59. The van der Waals surface area contributed by atoms with E-state index in [0.29, 0.717) is 18.2 Å². The first-order valence-corrected chi connectivity index (χ1v) is 6.66. The van der Waals surface area contributed by atoms with E-state index >= 15 is 0 Å². The Morgan fingerprint density at radius 2 is 2.12 bits per heavy atom. The summed E-state index contributed by atoms with van der Waals surface area (Å²) in [6, 6.07) is 0.652. The highest BCUT2D eigenvalue weighted by atomic mass is 16.5. The number of ether oxygens (including phenoxy) is 1. The van der Waals surface area contributed by atoms with Crippen LogP contribution >= 0.6 is 0 Å². The van der Waals surface area contributed by atoms with Crippen molar-refractivity contribution in [1.29, 1.82) is 0 Å². The van der Waals surface area contributed by atoms with E-state index in [0.717, 1.165) is 13.1 Å². The molecule has 0 amide bonds. The molecule has 3 heteroatoms. The van der Waals surface area contributed by atoms with E-state index < -0.39 is 0 Å². The average molecular weight is 228 g/mol. The Balaban J connectivity index is 1.92. The lowest BCUT2D eigenvalue weighted by Gasteiger charge is -2.21. The molecule has 0 aromatic rings. The maximum absolute atomic E-state index is 5.75. The first kappa shape index (κ1) is 13.9. The summed E-state index contributed by atoms with van der Waals surface area (Å²) >= 11 is 0. The molecule has 0 aromatic carbocycles. The zero-order valence-corrected chi connectivity index (χ0v) is 11.3. The largest absolute Gasteiger partial charge is 0.374 e. The highest BCUT2D eigenvalue weighted by molar-refractivity contribution is 4.72. The Bertz CT molecular complexity index is 185. The Morgan fingerprint density at radius 1 is 1.38 bits per heavy atom. The number of hydrogen-bond acceptors (Lipinski definition) is 3. The van der Waals surface area contributed by atoms with Crippen molar-refractivity contribution in [3.8, 4) is 0 Å². The van der Waals surface area contributed by atoms with Crippen LogP contribution in [0.4, 0.5) is 0 Å². The molecule has 1 aliphatic rings. The summed E-state index contributed by atoms with van der Waals surface area (Å²) in [6.07, 6.45) is 4.59. The summed E-state index contributed by atoms with van der Waals surface area (Å²) in [5.74, 6) is 0. The average Bonchev–Trinajstić information content (AvgIpc) is 2.63. The molecule has 0 aromatic heterocycles. The fraction of sp³-hybridized carbons (Fsp3) is 1.00. The van der Waals surface area contributed by atoms with Gasteiger partial charge in [-0.1, -0.05) is 0 Å². The molecule has 2 atom stereocenters. The Hall–Kier alpha value is -0.120. The van der Waals surface area contributed by atoms with Crippen molar-refractivity contribution in [3.05, 3.63) is 0 Å². The normalized spacial score (nSPS) is 25.9. The number of hydrogen-bond donors (Lipinski definition) is 1. The molecule has 0 aliphatic carbocycles. The summed E-state index contributed by atoms with van der Waals surface area (Å²) in [4.78, 5) is 2.38. The Morgan fingerprint density at radius 3 is 2.69 bits per heavy atom. The van der Waals surface area contributed by atoms with Crippen LogP contribution < -0.4 is 5.32 Å². The second-order valence-electron chi connectivity index (χ2n) is 5.28. The van der Waals surface area contributed by atoms with Gasteiger partial charge < -0.3 is 15.0 Å². The van der Waals surface area contributed by atoms with Crippen LogP contribution in [-0.2, 0) is 4.74 Å². The van der Waals surface area contributed by atoms with E-state index in [4.69, 9.17) is 4.74 Å². The van der Waals surface area contributed by atoms with Crippen LogP contribution in [0.5, 0.6) is 0 Å². The van der Waals surface area contributed by atoms with Gasteiger partial charge in [0.05, 0.1) is 12.2 Å². The molecule has 16 heavy (non-hydrogen) atoms. The van der Waals surface area contributed by atoms with Crippen LogP contribution in [0, 0.1) is 0 Å². The SMILES string of the molecule is CC1CCC(CNCCCN(C)C(C)C)O1. The highest BCUT2D eigenvalue weighted by Gasteiger charge is 2.20. The molecule has 3 nitrogen and oxygen atoms in total. The van der Waals surface area contributed by atoms with Gasteiger partial charge in [0.25, 0.3) is 0 Å². The van der Waals surface area contributed by atoms with Gasteiger partial charge in [-0.2, -0.15) is 0 Å². The lowest BCUT2D eigenvalue weighted by Crippen LogP contribution is -2.32. The van der Waals surface area contributed by atoms with E-state index in [-0.39, 0.29) is 0 Å². The zero-order valence-electron chi connectivity index (χ0n) is 11.3. The van der Waals surface area contributed by atoms with E-state index in [2.05, 4.69) is 38.0 Å². The van der Waals surface area contributed by atoms with Gasteiger partial charge >= 0.3 is 0 Å². The van der Waals surface area contributed by atoms with Gasteiger partial charge in [-0.15, -0.1) is 0 Å². The molecule has 0 bridgehead atoms. The zero-order chi connectivity index (χ0) is 12.0. The molecule has 1 aliphatic heterocycles. The van der Waals surface area contributed by atoms with Gasteiger partial charge in [-0.25, -0.2) is 0 Å². The molecule has 2 unspecified atom stereocenters. The summed E-state index contributed by atoms with van der Waals surface area (Å²) in [5, 5.41) is 3.49. The quantitative estimate of drug-likeness (QED) is 0.673. The van der Waals surface area contributed by atoms with E-state index in [1.807, 2.05) is 0 Å². The predicted octanol–water partition coefficient (Wildman–Crippen LogP) is 1.87. The van der Waals surface area contributed by atoms with Gasteiger partial charge in [0, 0.05) is 12.6 Å². The topological polar surface area (TPSA) is 24.5 Å². The predicted molar refractivity (Wildman–Crippen MR) is 68.8 cm³/mol. The minimum absolute atomic E-state index is 0.456. The van der Waals surface area contributed by atoms with Crippen molar-refractivity contribution in [2.45, 2.75) is 58.3 Å². The van der Waals surface area contributed by atoms with E-state index in [1.54, 1.807) is 0 Å². The van der Waals surface area contributed by atoms with Crippen LogP contribution in [0.15, 0.2) is 0 Å². The summed E-state index contributed by atoms with van der Waals surface area (Å²) < 4.78 is 5.75. The Kier molecular flexibility index (Phi) is 6.32. The molecule has 1 fully saturated rings. The Labute approximate surface area is 101 Å². The van der Waals surface area contributed by atoms with Gasteiger partial charge in [-0.3, -0.25) is 0 Å². The van der Waals surface area contributed by atoms with Gasteiger partial charge in [0.15, 0.2) is 0 Å². The molecule has 1 heterocycles. The first-order valence-electron chi connectivity index (χ1n) is 6.66. The van der Waals surface area contributed by atoms with Crippen molar-refractivity contribution in [2.24, 2.45) is 0 Å². The lowest BCUT2D eigenvalue weighted by molar-refractivity contribution is 0.0560. The van der Waals surface area contributed by atoms with Crippen LogP contribution in [0.2, 0.25) is 0 Å². The monoisotopic (exact) mass is 228 g/mol. The van der Waals surface area contributed by atoms with Gasteiger partial charge in [0.2, 0.25) is 0 Å². The molecule has 0 radical (unpaired) electrons. The molecule has 1 rings (SSSR count). The summed E-state index contributed by atoms with van der Waals surface area (Å²) in [6.45, 7) is 9.94.